The van der Waals surface area contributed by atoms with E-state index in [9.17, 15) is 4.39 Å². The van der Waals surface area contributed by atoms with Crippen molar-refractivity contribution >= 4 is 0 Å². The molecule has 2 heterocycles. The number of halogens is 1. The fourth-order valence-electron chi connectivity index (χ4n) is 1.68. The predicted octanol–water partition coefficient (Wildman–Crippen LogP) is 0.535. The van der Waals surface area contributed by atoms with Crippen LogP contribution in [0, 0.1) is 0 Å². The van der Waals surface area contributed by atoms with E-state index in [0.29, 0.717) is 0 Å². The predicted molar refractivity (Wildman–Crippen MR) is 43.4 cm³/mol. The van der Waals surface area contributed by atoms with Crippen LogP contribution in [0.15, 0.2) is 0 Å². The lowest BCUT2D eigenvalue weighted by Gasteiger charge is -2.11. The zero-order valence-electron chi connectivity index (χ0n) is 7.10. The molecule has 0 unspecified atom stereocenters. The molecule has 2 rings (SSSR count). The summed E-state index contributed by atoms with van der Waals surface area (Å²) >= 11 is 0. The Morgan fingerprint density at radius 3 is 3.25 bits per heavy atom. The Hall–Kier alpha value is -0.900. The highest BCUT2D eigenvalue weighted by atomic mass is 19.1. The van der Waals surface area contributed by atoms with Crippen LogP contribution in [0.4, 0.5) is 4.39 Å². The van der Waals surface area contributed by atoms with Crippen LogP contribution in [0.3, 0.4) is 0 Å². The van der Waals surface area contributed by atoms with Gasteiger partial charge in [0.1, 0.15) is 6.67 Å². The van der Waals surface area contributed by atoms with Crippen LogP contribution in [-0.2, 0) is 26.7 Å². The monoisotopic (exact) mass is 169 g/mol. The number of alkyl halides is 1. The van der Waals surface area contributed by atoms with Crippen molar-refractivity contribution in [1.82, 2.24) is 15.1 Å². The summed E-state index contributed by atoms with van der Waals surface area (Å²) in [5, 5.41) is 7.44. The van der Waals surface area contributed by atoms with Gasteiger partial charge in [0.05, 0.1) is 11.4 Å². The second kappa shape index (κ2) is 2.86. The van der Waals surface area contributed by atoms with E-state index in [0.717, 1.165) is 36.5 Å². The van der Waals surface area contributed by atoms with Crippen LogP contribution in [0.1, 0.15) is 17.0 Å². The molecule has 1 aliphatic heterocycles. The zero-order valence-corrected chi connectivity index (χ0v) is 7.10. The Morgan fingerprint density at radius 1 is 1.67 bits per heavy atom. The first-order valence-corrected chi connectivity index (χ1v) is 4.13. The van der Waals surface area contributed by atoms with E-state index >= 15 is 0 Å². The molecule has 0 atom stereocenters. The molecule has 0 saturated heterocycles. The van der Waals surface area contributed by atoms with Gasteiger partial charge in [-0.1, -0.05) is 0 Å². The quantitative estimate of drug-likeness (QED) is 0.664. The number of aromatic nitrogens is 2. The molecular weight excluding hydrogens is 157 g/mol. The summed E-state index contributed by atoms with van der Waals surface area (Å²) in [5.74, 6) is 0. The Kier molecular flexibility index (Phi) is 1.84. The van der Waals surface area contributed by atoms with Crippen LogP contribution < -0.4 is 5.32 Å². The van der Waals surface area contributed by atoms with Gasteiger partial charge in [0.2, 0.25) is 0 Å². The van der Waals surface area contributed by atoms with E-state index in [2.05, 4.69) is 10.4 Å². The largest absolute Gasteiger partial charge is 0.311 e. The molecule has 12 heavy (non-hydrogen) atoms. The van der Waals surface area contributed by atoms with Crippen molar-refractivity contribution in [2.24, 2.45) is 7.05 Å². The lowest BCUT2D eigenvalue weighted by Crippen LogP contribution is -2.23. The van der Waals surface area contributed by atoms with Crippen molar-refractivity contribution < 1.29 is 4.39 Å². The van der Waals surface area contributed by atoms with Crippen LogP contribution in [0.2, 0.25) is 0 Å². The number of nitrogens with zero attached hydrogens (tertiary/aromatic N) is 2. The van der Waals surface area contributed by atoms with Gasteiger partial charge in [-0.3, -0.25) is 4.68 Å². The van der Waals surface area contributed by atoms with E-state index in [1.807, 2.05) is 0 Å². The summed E-state index contributed by atoms with van der Waals surface area (Å²) < 4.78 is 14.2. The zero-order chi connectivity index (χ0) is 8.55. The fraction of sp³-hybridized carbons (Fsp3) is 0.625. The maximum atomic E-state index is 12.5. The first kappa shape index (κ1) is 7.73. The van der Waals surface area contributed by atoms with Gasteiger partial charge in [0.25, 0.3) is 0 Å². The Morgan fingerprint density at radius 2 is 2.50 bits per heavy atom. The summed E-state index contributed by atoms with van der Waals surface area (Å²) in [7, 11) is 1.80. The number of fused-ring (bicyclic) bond motifs is 1. The third-order valence-corrected chi connectivity index (χ3v) is 2.33. The van der Waals surface area contributed by atoms with Gasteiger partial charge in [-0.2, -0.15) is 5.10 Å². The Labute approximate surface area is 70.6 Å². The van der Waals surface area contributed by atoms with Crippen molar-refractivity contribution in [3.63, 3.8) is 0 Å². The fourth-order valence-corrected chi connectivity index (χ4v) is 1.68. The van der Waals surface area contributed by atoms with Crippen LogP contribution in [0.25, 0.3) is 0 Å². The number of hydrogen-bond donors (Lipinski definition) is 1. The number of nitrogens with one attached hydrogen (secondary N) is 1. The van der Waals surface area contributed by atoms with Crippen molar-refractivity contribution in [3.8, 4) is 0 Å². The van der Waals surface area contributed by atoms with Gasteiger partial charge < -0.3 is 5.32 Å². The number of rotatable bonds is 1. The van der Waals surface area contributed by atoms with Gasteiger partial charge in [-0.15, -0.1) is 0 Å². The summed E-state index contributed by atoms with van der Waals surface area (Å²) in [6.07, 6.45) is 0.905. The van der Waals surface area contributed by atoms with Crippen LogP contribution >= 0.6 is 0 Å². The van der Waals surface area contributed by atoms with E-state index in [-0.39, 0.29) is 0 Å². The van der Waals surface area contributed by atoms with Crippen molar-refractivity contribution in [2.75, 3.05) is 6.54 Å². The average molecular weight is 169 g/mol. The highest BCUT2D eigenvalue weighted by molar-refractivity contribution is 5.28. The highest BCUT2D eigenvalue weighted by Crippen LogP contribution is 2.17. The van der Waals surface area contributed by atoms with Gasteiger partial charge in [0, 0.05) is 19.2 Å². The molecule has 1 aromatic rings. The molecule has 0 spiro atoms. The molecule has 4 heteroatoms. The Balaban J connectivity index is 2.46. The molecule has 1 aromatic heterocycles. The van der Waals surface area contributed by atoms with Crippen LogP contribution in [0.5, 0.6) is 0 Å². The normalized spacial score (nSPS) is 16.2. The second-order valence-corrected chi connectivity index (χ2v) is 3.06. The van der Waals surface area contributed by atoms with Crippen molar-refractivity contribution in [1.29, 1.82) is 0 Å². The molecule has 1 N–H and O–H groups in total. The van der Waals surface area contributed by atoms with E-state index in [1.54, 1.807) is 11.7 Å². The van der Waals surface area contributed by atoms with Crippen molar-refractivity contribution in [3.05, 3.63) is 17.0 Å². The minimum atomic E-state index is -0.404. The van der Waals surface area contributed by atoms with Crippen molar-refractivity contribution in [2.45, 2.75) is 19.6 Å². The first-order chi connectivity index (χ1) is 5.83. The third kappa shape index (κ3) is 1.03. The standard InChI is InChI=1S/C8H12FN3/c1-12-8(4-9)6-2-3-10-5-7(6)11-12/h10H,2-5H2,1H3. The molecule has 0 amide bonds. The van der Waals surface area contributed by atoms with E-state index in [4.69, 9.17) is 0 Å². The first-order valence-electron chi connectivity index (χ1n) is 4.13. The maximum Gasteiger partial charge on any atom is 0.131 e. The highest BCUT2D eigenvalue weighted by Gasteiger charge is 2.17. The van der Waals surface area contributed by atoms with Gasteiger partial charge in [0.15, 0.2) is 0 Å². The Bertz CT molecular complexity index is 293. The van der Waals surface area contributed by atoms with Gasteiger partial charge in [-0.05, 0) is 13.0 Å². The third-order valence-electron chi connectivity index (χ3n) is 2.33. The lowest BCUT2D eigenvalue weighted by atomic mass is 10.1. The smallest absolute Gasteiger partial charge is 0.131 e. The minimum absolute atomic E-state index is 0.404. The topological polar surface area (TPSA) is 29.9 Å². The molecule has 1 aliphatic rings. The molecular formula is C8H12FN3. The minimum Gasteiger partial charge on any atom is -0.311 e. The van der Waals surface area contributed by atoms with Gasteiger partial charge >= 0.3 is 0 Å². The number of aryl methyl sites for hydroxylation is 1. The molecule has 66 valence electrons. The summed E-state index contributed by atoms with van der Waals surface area (Å²) in [4.78, 5) is 0. The summed E-state index contributed by atoms with van der Waals surface area (Å²) in [6.45, 7) is 1.31. The second-order valence-electron chi connectivity index (χ2n) is 3.06. The molecule has 0 aromatic carbocycles. The maximum absolute atomic E-state index is 12.5. The lowest BCUT2D eigenvalue weighted by molar-refractivity contribution is 0.455. The van der Waals surface area contributed by atoms with E-state index < -0.39 is 6.67 Å². The number of hydrogen-bond acceptors (Lipinski definition) is 2. The molecule has 0 aliphatic carbocycles. The molecule has 0 fully saturated rings. The molecule has 0 bridgehead atoms. The van der Waals surface area contributed by atoms with Gasteiger partial charge in [-0.25, -0.2) is 4.39 Å². The summed E-state index contributed by atoms with van der Waals surface area (Å²) in [5.41, 5.74) is 2.86. The SMILES string of the molecule is Cn1nc2c(c1CF)CCNC2. The average Bonchev–Trinajstić information content (AvgIpc) is 2.40. The van der Waals surface area contributed by atoms with E-state index in [1.165, 1.54) is 0 Å². The van der Waals surface area contributed by atoms with Crippen LogP contribution in [-0.4, -0.2) is 16.3 Å². The molecule has 3 nitrogen and oxygen atoms in total. The molecule has 0 radical (unpaired) electrons. The summed E-state index contributed by atoms with van der Waals surface area (Å²) in [6, 6.07) is 0. The molecule has 0 saturated carbocycles.